The molecule has 1 aliphatic rings. The molecule has 2 rings (SSSR count). The minimum absolute atomic E-state index is 0.0845. The number of hydrogen-bond donors (Lipinski definition) is 3. The van der Waals surface area contributed by atoms with E-state index in [2.05, 4.69) is 16.0 Å². The summed E-state index contributed by atoms with van der Waals surface area (Å²) in [5.41, 5.74) is 0.967. The van der Waals surface area contributed by atoms with Gasteiger partial charge in [0.2, 0.25) is 11.8 Å². The molecular weight excluding hydrogens is 310 g/mol. The summed E-state index contributed by atoms with van der Waals surface area (Å²) in [4.78, 5) is 23.3. The largest absolute Gasteiger partial charge is 0.486 e. The number of benzene rings is 1. The van der Waals surface area contributed by atoms with Gasteiger partial charge < -0.3 is 20.1 Å². The lowest BCUT2D eigenvalue weighted by Crippen LogP contribution is -2.41. The Hall–Kier alpha value is -2.28. The van der Waals surface area contributed by atoms with Crippen LogP contribution in [0, 0.1) is 5.92 Å². The molecule has 1 aromatic carbocycles. The van der Waals surface area contributed by atoms with Crippen LogP contribution in [-0.4, -0.2) is 45.2 Å². The van der Waals surface area contributed by atoms with E-state index in [-0.39, 0.29) is 36.9 Å². The molecule has 0 radical (unpaired) electrons. The second-order valence-electron chi connectivity index (χ2n) is 5.97. The van der Waals surface area contributed by atoms with Crippen LogP contribution in [0.3, 0.4) is 0 Å². The van der Waals surface area contributed by atoms with Gasteiger partial charge in [0, 0.05) is 7.05 Å². The van der Waals surface area contributed by atoms with Crippen molar-refractivity contribution in [2.45, 2.75) is 19.9 Å². The standard InChI is InChI=1S/C17H25N3O4/c1-11(2)17(20-16(22)10-19-9-15(21)18-3)12-4-5-13-14(8-12)24-7-6-23-13/h4-5,8,11,17,19H,6-7,9-10H2,1-3H3,(H,18,21)(H,20,22)/t17-/m1/s1. The fourth-order valence-corrected chi connectivity index (χ4v) is 2.49. The summed E-state index contributed by atoms with van der Waals surface area (Å²) in [5, 5.41) is 8.31. The second-order valence-corrected chi connectivity index (χ2v) is 5.97. The lowest BCUT2D eigenvalue weighted by Gasteiger charge is -2.25. The third-order valence-electron chi connectivity index (χ3n) is 3.76. The lowest BCUT2D eigenvalue weighted by atomic mass is 9.95. The van der Waals surface area contributed by atoms with Gasteiger partial charge in [0.25, 0.3) is 0 Å². The van der Waals surface area contributed by atoms with Crippen molar-refractivity contribution in [3.8, 4) is 11.5 Å². The Morgan fingerprint density at radius 3 is 2.42 bits per heavy atom. The molecule has 7 nitrogen and oxygen atoms in total. The molecule has 132 valence electrons. The molecule has 2 amide bonds. The van der Waals surface area contributed by atoms with Gasteiger partial charge in [-0.05, 0) is 23.6 Å². The molecule has 1 aromatic rings. The molecule has 0 saturated heterocycles. The van der Waals surface area contributed by atoms with Crippen LogP contribution in [0.1, 0.15) is 25.5 Å². The van der Waals surface area contributed by atoms with E-state index in [4.69, 9.17) is 9.47 Å². The van der Waals surface area contributed by atoms with Gasteiger partial charge in [-0.3, -0.25) is 14.9 Å². The molecule has 24 heavy (non-hydrogen) atoms. The van der Waals surface area contributed by atoms with Crippen LogP contribution < -0.4 is 25.4 Å². The molecule has 0 unspecified atom stereocenters. The van der Waals surface area contributed by atoms with E-state index in [1.807, 2.05) is 32.0 Å². The van der Waals surface area contributed by atoms with Crippen LogP contribution in [0.2, 0.25) is 0 Å². The minimum Gasteiger partial charge on any atom is -0.486 e. The Bertz CT molecular complexity index is 589. The summed E-state index contributed by atoms with van der Waals surface area (Å²) in [6.07, 6.45) is 0. The monoisotopic (exact) mass is 335 g/mol. The molecular formula is C17H25N3O4. The molecule has 0 saturated carbocycles. The summed E-state index contributed by atoms with van der Waals surface area (Å²) >= 11 is 0. The first-order valence-electron chi connectivity index (χ1n) is 8.11. The van der Waals surface area contributed by atoms with E-state index in [1.165, 1.54) is 0 Å². The molecule has 3 N–H and O–H groups in total. The zero-order valence-electron chi connectivity index (χ0n) is 14.3. The van der Waals surface area contributed by atoms with Crippen molar-refractivity contribution >= 4 is 11.8 Å². The zero-order valence-corrected chi connectivity index (χ0v) is 14.3. The van der Waals surface area contributed by atoms with Crippen LogP contribution in [-0.2, 0) is 9.59 Å². The van der Waals surface area contributed by atoms with Crippen LogP contribution in [0.25, 0.3) is 0 Å². The van der Waals surface area contributed by atoms with Gasteiger partial charge in [-0.2, -0.15) is 0 Å². The number of rotatable bonds is 7. The number of carbonyl (C=O) groups is 2. The van der Waals surface area contributed by atoms with E-state index in [0.29, 0.717) is 19.0 Å². The molecule has 1 heterocycles. The van der Waals surface area contributed by atoms with Crippen LogP contribution in [0.5, 0.6) is 11.5 Å². The van der Waals surface area contributed by atoms with E-state index < -0.39 is 0 Å². The van der Waals surface area contributed by atoms with E-state index in [0.717, 1.165) is 11.3 Å². The van der Waals surface area contributed by atoms with Gasteiger partial charge in [-0.25, -0.2) is 0 Å². The van der Waals surface area contributed by atoms with Crippen molar-refractivity contribution in [3.63, 3.8) is 0 Å². The topological polar surface area (TPSA) is 88.7 Å². The zero-order chi connectivity index (χ0) is 17.5. The first kappa shape index (κ1) is 18.1. The van der Waals surface area contributed by atoms with Crippen LogP contribution >= 0.6 is 0 Å². The highest BCUT2D eigenvalue weighted by molar-refractivity contribution is 5.81. The molecule has 7 heteroatoms. The highest BCUT2D eigenvalue weighted by Gasteiger charge is 2.21. The predicted octanol–water partition coefficient (Wildman–Crippen LogP) is 0.607. The van der Waals surface area contributed by atoms with Gasteiger partial charge in [-0.1, -0.05) is 19.9 Å². The van der Waals surface area contributed by atoms with E-state index >= 15 is 0 Å². The van der Waals surface area contributed by atoms with Crippen molar-refractivity contribution < 1.29 is 19.1 Å². The Labute approximate surface area is 142 Å². The number of ether oxygens (including phenoxy) is 2. The molecule has 0 aliphatic carbocycles. The maximum absolute atomic E-state index is 12.1. The fraction of sp³-hybridized carbons (Fsp3) is 0.529. The van der Waals surface area contributed by atoms with Crippen molar-refractivity contribution in [2.24, 2.45) is 5.92 Å². The number of hydrogen-bond acceptors (Lipinski definition) is 5. The third kappa shape index (κ3) is 4.86. The predicted molar refractivity (Wildman–Crippen MR) is 90.1 cm³/mol. The number of amides is 2. The van der Waals surface area contributed by atoms with Crippen LogP contribution in [0.15, 0.2) is 18.2 Å². The van der Waals surface area contributed by atoms with Gasteiger partial charge in [0.1, 0.15) is 13.2 Å². The first-order chi connectivity index (χ1) is 11.5. The van der Waals surface area contributed by atoms with Gasteiger partial charge >= 0.3 is 0 Å². The molecule has 0 spiro atoms. The number of nitrogens with one attached hydrogen (secondary N) is 3. The maximum atomic E-state index is 12.1. The van der Waals surface area contributed by atoms with Crippen LogP contribution in [0.4, 0.5) is 0 Å². The summed E-state index contributed by atoms with van der Waals surface area (Å²) < 4.78 is 11.1. The maximum Gasteiger partial charge on any atom is 0.234 e. The Kier molecular flexibility index (Phi) is 6.43. The summed E-state index contributed by atoms with van der Waals surface area (Å²) in [7, 11) is 1.56. The first-order valence-corrected chi connectivity index (χ1v) is 8.11. The average Bonchev–Trinajstić information content (AvgIpc) is 2.58. The minimum atomic E-state index is -0.160. The Morgan fingerprint density at radius 1 is 1.08 bits per heavy atom. The molecule has 0 aromatic heterocycles. The quantitative estimate of drug-likeness (QED) is 0.679. The highest BCUT2D eigenvalue weighted by atomic mass is 16.6. The summed E-state index contributed by atoms with van der Waals surface area (Å²) in [6.45, 7) is 5.35. The Morgan fingerprint density at radius 2 is 1.75 bits per heavy atom. The van der Waals surface area contributed by atoms with Crippen molar-refractivity contribution in [1.29, 1.82) is 0 Å². The van der Waals surface area contributed by atoms with E-state index in [1.54, 1.807) is 7.05 Å². The molecule has 1 aliphatic heterocycles. The summed E-state index contributed by atoms with van der Waals surface area (Å²) in [6, 6.07) is 5.58. The molecule has 0 fully saturated rings. The average molecular weight is 335 g/mol. The summed E-state index contributed by atoms with van der Waals surface area (Å²) in [5.74, 6) is 1.32. The van der Waals surface area contributed by atoms with Gasteiger partial charge in [0.15, 0.2) is 11.5 Å². The number of fused-ring (bicyclic) bond motifs is 1. The Balaban J connectivity index is 1.99. The highest BCUT2D eigenvalue weighted by Crippen LogP contribution is 2.34. The number of carbonyl (C=O) groups excluding carboxylic acids is 2. The third-order valence-corrected chi connectivity index (χ3v) is 3.76. The van der Waals surface area contributed by atoms with Crippen molar-refractivity contribution in [2.75, 3.05) is 33.4 Å². The van der Waals surface area contributed by atoms with Gasteiger partial charge in [-0.15, -0.1) is 0 Å². The SMILES string of the molecule is CNC(=O)CNCC(=O)N[C@@H](c1ccc2c(c1)OCCO2)C(C)C. The molecule has 1 atom stereocenters. The lowest BCUT2D eigenvalue weighted by molar-refractivity contribution is -0.121. The van der Waals surface area contributed by atoms with Crippen molar-refractivity contribution in [1.82, 2.24) is 16.0 Å². The second kappa shape index (κ2) is 8.54. The van der Waals surface area contributed by atoms with Crippen molar-refractivity contribution in [3.05, 3.63) is 23.8 Å². The van der Waals surface area contributed by atoms with E-state index in [9.17, 15) is 9.59 Å². The number of likely N-dealkylation sites (N-methyl/N-ethyl adjacent to an activating group) is 1. The fourth-order valence-electron chi connectivity index (χ4n) is 2.49. The van der Waals surface area contributed by atoms with Gasteiger partial charge in [0.05, 0.1) is 19.1 Å². The normalized spacial score (nSPS) is 14.2. The smallest absolute Gasteiger partial charge is 0.234 e. The molecule has 0 bridgehead atoms.